The highest BCUT2D eigenvalue weighted by Crippen LogP contribution is 2.42. The molecule has 0 spiro atoms. The summed E-state index contributed by atoms with van der Waals surface area (Å²) in [6.07, 6.45) is 0. The minimum atomic E-state index is -0.962. The van der Waals surface area contributed by atoms with Crippen molar-refractivity contribution in [1.82, 2.24) is 10.2 Å². The molecule has 2 N–H and O–H groups in total. The Morgan fingerprint density at radius 3 is 2.93 bits per heavy atom. The van der Waals surface area contributed by atoms with Crippen LogP contribution in [0.25, 0.3) is 0 Å². The van der Waals surface area contributed by atoms with Gasteiger partial charge in [0.05, 0.1) is 0 Å². The number of thioether (sulfide) groups is 1. The number of carboxylic acids is 1. The summed E-state index contributed by atoms with van der Waals surface area (Å²) < 4.78 is -0.0455. The number of hydrogen-bond acceptors (Lipinski definition) is 3. The lowest BCUT2D eigenvalue weighted by atomic mass is 10.2. The molecule has 78 valence electrons. The molecule has 2 rings (SSSR count). The molecule has 2 heterocycles. The molecule has 0 aromatic carbocycles. The number of hydrogen-bond donors (Lipinski definition) is 2. The second kappa shape index (κ2) is 2.79. The quantitative estimate of drug-likeness (QED) is 0.662. The summed E-state index contributed by atoms with van der Waals surface area (Å²) in [4.78, 5) is 23.8. The lowest BCUT2D eigenvalue weighted by Gasteiger charge is -2.17. The van der Waals surface area contributed by atoms with Gasteiger partial charge in [0.1, 0.15) is 5.37 Å². The number of fused-ring (bicyclic) bond motifs is 1. The van der Waals surface area contributed by atoms with Crippen molar-refractivity contribution in [3.05, 3.63) is 0 Å². The first-order chi connectivity index (χ1) is 6.41. The SMILES string of the molecule is CC1(C)CN2C(=O)N[C@H](C(=O)O)[C@H]2S1. The van der Waals surface area contributed by atoms with Crippen LogP contribution in [-0.2, 0) is 4.79 Å². The van der Waals surface area contributed by atoms with Gasteiger partial charge in [-0.3, -0.25) is 0 Å². The number of amides is 2. The minimum absolute atomic E-state index is 0.0455. The van der Waals surface area contributed by atoms with Crippen molar-refractivity contribution in [2.75, 3.05) is 6.54 Å². The summed E-state index contributed by atoms with van der Waals surface area (Å²) >= 11 is 1.54. The van der Waals surface area contributed by atoms with E-state index in [1.165, 1.54) is 0 Å². The summed E-state index contributed by atoms with van der Waals surface area (Å²) in [6.45, 7) is 4.64. The first-order valence-corrected chi connectivity index (χ1v) is 5.26. The molecule has 2 fully saturated rings. The fourth-order valence-corrected chi connectivity index (χ4v) is 3.32. The molecule has 0 unspecified atom stereocenters. The van der Waals surface area contributed by atoms with Crippen LogP contribution in [0, 0.1) is 0 Å². The topological polar surface area (TPSA) is 69.6 Å². The van der Waals surface area contributed by atoms with Crippen molar-refractivity contribution in [2.45, 2.75) is 30.0 Å². The Hall–Kier alpha value is -0.910. The summed E-state index contributed by atoms with van der Waals surface area (Å²) in [5.74, 6) is -0.962. The van der Waals surface area contributed by atoms with E-state index in [-0.39, 0.29) is 16.2 Å². The van der Waals surface area contributed by atoms with Gasteiger partial charge in [-0.05, 0) is 13.8 Å². The third-order valence-electron chi connectivity index (χ3n) is 2.39. The number of aliphatic carboxylic acids is 1. The normalized spacial score (nSPS) is 34.1. The first-order valence-electron chi connectivity index (χ1n) is 4.38. The zero-order chi connectivity index (χ0) is 10.5. The molecule has 0 aliphatic carbocycles. The molecule has 0 aromatic heterocycles. The summed E-state index contributed by atoms with van der Waals surface area (Å²) in [6, 6.07) is -1.03. The number of nitrogens with zero attached hydrogens (tertiary/aromatic N) is 1. The fourth-order valence-electron chi connectivity index (χ4n) is 1.83. The van der Waals surface area contributed by atoms with Gasteiger partial charge in [-0.1, -0.05) is 0 Å². The van der Waals surface area contributed by atoms with Crippen LogP contribution >= 0.6 is 11.8 Å². The van der Waals surface area contributed by atoms with Gasteiger partial charge < -0.3 is 15.3 Å². The van der Waals surface area contributed by atoms with Crippen molar-refractivity contribution in [3.63, 3.8) is 0 Å². The number of rotatable bonds is 1. The largest absolute Gasteiger partial charge is 0.480 e. The Bertz CT molecular complexity index is 305. The molecule has 0 aromatic rings. The smallest absolute Gasteiger partial charge is 0.329 e. The maximum absolute atomic E-state index is 11.4. The molecule has 14 heavy (non-hydrogen) atoms. The Balaban J connectivity index is 2.23. The van der Waals surface area contributed by atoms with Gasteiger partial charge in [-0.15, -0.1) is 11.8 Å². The third-order valence-corrected chi connectivity index (χ3v) is 3.92. The maximum Gasteiger partial charge on any atom is 0.329 e. The van der Waals surface area contributed by atoms with Crippen LogP contribution in [-0.4, -0.2) is 44.7 Å². The second-order valence-electron chi connectivity index (χ2n) is 4.16. The molecular formula is C8H12N2O3S. The molecule has 5 nitrogen and oxygen atoms in total. The number of urea groups is 1. The van der Waals surface area contributed by atoms with E-state index in [9.17, 15) is 9.59 Å². The van der Waals surface area contributed by atoms with E-state index in [0.29, 0.717) is 6.54 Å². The lowest BCUT2D eigenvalue weighted by molar-refractivity contribution is -0.139. The number of carbonyl (C=O) groups is 2. The van der Waals surface area contributed by atoms with Crippen molar-refractivity contribution >= 4 is 23.8 Å². The molecule has 2 amide bonds. The lowest BCUT2D eigenvalue weighted by Crippen LogP contribution is -2.38. The fraction of sp³-hybridized carbons (Fsp3) is 0.750. The summed E-state index contributed by atoms with van der Waals surface area (Å²) in [5.41, 5.74) is 0. The van der Waals surface area contributed by atoms with E-state index in [0.717, 1.165) is 0 Å². The van der Waals surface area contributed by atoms with E-state index < -0.39 is 12.0 Å². The van der Waals surface area contributed by atoms with Crippen molar-refractivity contribution in [1.29, 1.82) is 0 Å². The molecule has 2 aliphatic rings. The molecule has 2 aliphatic heterocycles. The minimum Gasteiger partial charge on any atom is -0.480 e. The van der Waals surface area contributed by atoms with Gasteiger partial charge in [0.25, 0.3) is 0 Å². The maximum atomic E-state index is 11.4. The predicted molar refractivity (Wildman–Crippen MR) is 52.1 cm³/mol. The second-order valence-corrected chi connectivity index (χ2v) is 5.99. The monoisotopic (exact) mass is 216 g/mol. The van der Waals surface area contributed by atoms with Crippen LogP contribution in [0.3, 0.4) is 0 Å². The Morgan fingerprint density at radius 2 is 2.36 bits per heavy atom. The number of nitrogens with one attached hydrogen (secondary N) is 1. The van der Waals surface area contributed by atoms with Crippen LogP contribution < -0.4 is 5.32 Å². The predicted octanol–water partition coefficient (Wildman–Crippen LogP) is 0.316. The first kappa shape index (κ1) is 9.64. The van der Waals surface area contributed by atoms with Crippen LogP contribution in [0.5, 0.6) is 0 Å². The standard InChI is InChI=1S/C8H12N2O3S/c1-8(2)3-10-5(14-8)4(6(11)12)9-7(10)13/h4-5H,3H2,1-2H3,(H,9,13)(H,11,12)/t4-,5+/m0/s1. The highest BCUT2D eigenvalue weighted by molar-refractivity contribution is 8.01. The molecular weight excluding hydrogens is 204 g/mol. The van der Waals surface area contributed by atoms with Gasteiger partial charge in [0.2, 0.25) is 0 Å². The van der Waals surface area contributed by atoms with E-state index in [1.54, 1.807) is 16.7 Å². The molecule has 0 saturated carbocycles. The van der Waals surface area contributed by atoms with Crippen LogP contribution in [0.4, 0.5) is 4.79 Å². The van der Waals surface area contributed by atoms with Gasteiger partial charge in [0, 0.05) is 11.3 Å². The van der Waals surface area contributed by atoms with Crippen molar-refractivity contribution < 1.29 is 14.7 Å². The van der Waals surface area contributed by atoms with Gasteiger partial charge >= 0.3 is 12.0 Å². The van der Waals surface area contributed by atoms with Gasteiger partial charge in [-0.25, -0.2) is 9.59 Å². The summed E-state index contributed by atoms with van der Waals surface area (Å²) in [5, 5.41) is 11.1. The molecule has 6 heteroatoms. The highest BCUT2D eigenvalue weighted by Gasteiger charge is 2.52. The average molecular weight is 216 g/mol. The number of carbonyl (C=O) groups excluding carboxylic acids is 1. The van der Waals surface area contributed by atoms with Crippen LogP contribution in [0.1, 0.15) is 13.8 Å². The molecule has 2 atom stereocenters. The van der Waals surface area contributed by atoms with E-state index >= 15 is 0 Å². The molecule has 0 bridgehead atoms. The highest BCUT2D eigenvalue weighted by atomic mass is 32.2. The van der Waals surface area contributed by atoms with Crippen molar-refractivity contribution in [2.24, 2.45) is 0 Å². The Labute approximate surface area is 85.8 Å². The van der Waals surface area contributed by atoms with Gasteiger partial charge in [-0.2, -0.15) is 0 Å². The van der Waals surface area contributed by atoms with E-state index in [1.807, 2.05) is 13.8 Å². The molecule has 2 saturated heterocycles. The summed E-state index contributed by atoms with van der Waals surface area (Å²) in [7, 11) is 0. The Kier molecular flexibility index (Phi) is 1.92. The van der Waals surface area contributed by atoms with Gasteiger partial charge in [0.15, 0.2) is 6.04 Å². The van der Waals surface area contributed by atoms with E-state index in [4.69, 9.17) is 5.11 Å². The Morgan fingerprint density at radius 1 is 1.71 bits per heavy atom. The third kappa shape index (κ3) is 1.33. The van der Waals surface area contributed by atoms with E-state index in [2.05, 4.69) is 5.32 Å². The average Bonchev–Trinajstić information content (AvgIpc) is 2.47. The number of carboxylic acid groups (broad SMARTS) is 1. The van der Waals surface area contributed by atoms with Crippen LogP contribution in [0.15, 0.2) is 0 Å². The molecule has 0 radical (unpaired) electrons. The zero-order valence-electron chi connectivity index (χ0n) is 7.98. The van der Waals surface area contributed by atoms with Crippen molar-refractivity contribution in [3.8, 4) is 0 Å². The zero-order valence-corrected chi connectivity index (χ0v) is 8.80. The van der Waals surface area contributed by atoms with Crippen LogP contribution in [0.2, 0.25) is 0 Å².